The molecule has 0 aliphatic heterocycles. The number of carbonyl (C=O) groups is 1. The van der Waals surface area contributed by atoms with Gasteiger partial charge in [0, 0.05) is 15.7 Å². The summed E-state index contributed by atoms with van der Waals surface area (Å²) >= 11 is 11.8. The van der Waals surface area contributed by atoms with Gasteiger partial charge in [-0.25, -0.2) is 0 Å². The molecule has 2 aromatic rings. The van der Waals surface area contributed by atoms with Gasteiger partial charge in [-0.15, -0.1) is 0 Å². The highest BCUT2D eigenvalue weighted by atomic mass is 35.5. The average molecular weight is 347 g/mol. The van der Waals surface area contributed by atoms with Crippen molar-refractivity contribution in [2.75, 3.05) is 12.4 Å². The van der Waals surface area contributed by atoms with Gasteiger partial charge in [-0.1, -0.05) is 23.2 Å². The van der Waals surface area contributed by atoms with E-state index in [0.29, 0.717) is 27.0 Å². The van der Waals surface area contributed by atoms with Crippen molar-refractivity contribution in [3.05, 3.63) is 63.6 Å². The molecule has 0 atom stereocenters. The van der Waals surface area contributed by atoms with Gasteiger partial charge < -0.3 is 10.1 Å². The molecule has 0 bridgehead atoms. The molecule has 0 aromatic heterocycles. The quantitative estimate of drug-likeness (QED) is 0.652. The van der Waals surface area contributed by atoms with Crippen molar-refractivity contribution in [1.29, 1.82) is 5.26 Å². The molecule has 1 N–H and O–H groups in total. The van der Waals surface area contributed by atoms with E-state index in [-0.39, 0.29) is 5.57 Å². The number of anilines is 1. The van der Waals surface area contributed by atoms with E-state index in [4.69, 9.17) is 27.9 Å². The standard InChI is InChI=1S/C17H12Cl2N2O2/c1-23-16-8-11(7-14(19)9-16)6-12(10-20)17(22)21-15-4-2-13(18)3-5-15/h2-9H,1H3,(H,21,22)/b12-6+. The fraction of sp³-hybridized carbons (Fsp3) is 0.0588. The number of ether oxygens (including phenoxy) is 1. The average Bonchev–Trinajstić information content (AvgIpc) is 2.54. The molecule has 0 aliphatic rings. The molecule has 0 saturated carbocycles. The number of nitrogens with zero attached hydrogens (tertiary/aromatic N) is 1. The van der Waals surface area contributed by atoms with E-state index >= 15 is 0 Å². The molecule has 0 fully saturated rings. The summed E-state index contributed by atoms with van der Waals surface area (Å²) in [5.74, 6) is 0.0212. The van der Waals surface area contributed by atoms with Gasteiger partial charge in [0.25, 0.3) is 5.91 Å². The Morgan fingerprint density at radius 3 is 2.48 bits per heavy atom. The zero-order chi connectivity index (χ0) is 16.8. The summed E-state index contributed by atoms with van der Waals surface area (Å²) in [6, 6.07) is 13.4. The Morgan fingerprint density at radius 2 is 1.87 bits per heavy atom. The molecule has 2 aromatic carbocycles. The second-order valence-corrected chi connectivity index (χ2v) is 5.43. The van der Waals surface area contributed by atoms with Gasteiger partial charge in [-0.2, -0.15) is 5.26 Å². The normalized spacial score (nSPS) is 10.8. The molecule has 0 heterocycles. The van der Waals surface area contributed by atoms with Crippen molar-refractivity contribution >= 4 is 40.9 Å². The van der Waals surface area contributed by atoms with Crippen LogP contribution in [-0.2, 0) is 4.79 Å². The van der Waals surface area contributed by atoms with Crippen LogP contribution in [0.1, 0.15) is 5.56 Å². The van der Waals surface area contributed by atoms with Crippen molar-refractivity contribution in [3.8, 4) is 11.8 Å². The first-order valence-corrected chi connectivity index (χ1v) is 7.30. The Balaban J connectivity index is 2.24. The second-order valence-electron chi connectivity index (χ2n) is 4.56. The minimum absolute atomic E-state index is 0.0516. The predicted octanol–water partition coefficient (Wildman–Crippen LogP) is 4.55. The van der Waals surface area contributed by atoms with Gasteiger partial charge in [0.2, 0.25) is 0 Å². The van der Waals surface area contributed by atoms with Gasteiger partial charge in [0.1, 0.15) is 17.4 Å². The van der Waals surface area contributed by atoms with Gasteiger partial charge in [0.15, 0.2) is 0 Å². The molecule has 6 heteroatoms. The Morgan fingerprint density at radius 1 is 1.17 bits per heavy atom. The van der Waals surface area contributed by atoms with Crippen LogP contribution in [0.4, 0.5) is 5.69 Å². The molecule has 0 spiro atoms. The molecule has 1 amide bonds. The second kappa shape index (κ2) is 7.68. The number of halogens is 2. The summed E-state index contributed by atoms with van der Waals surface area (Å²) in [5.41, 5.74) is 1.09. The van der Waals surface area contributed by atoms with Crippen molar-refractivity contribution in [2.24, 2.45) is 0 Å². The van der Waals surface area contributed by atoms with E-state index in [1.54, 1.807) is 42.5 Å². The maximum atomic E-state index is 12.2. The first-order valence-electron chi connectivity index (χ1n) is 6.55. The first-order chi connectivity index (χ1) is 11.0. The highest BCUT2D eigenvalue weighted by Gasteiger charge is 2.10. The lowest BCUT2D eigenvalue weighted by Gasteiger charge is -2.05. The lowest BCUT2D eigenvalue weighted by molar-refractivity contribution is -0.112. The Kier molecular flexibility index (Phi) is 5.64. The third-order valence-corrected chi connectivity index (χ3v) is 3.38. The molecular formula is C17H12Cl2N2O2. The molecule has 0 radical (unpaired) electrons. The van der Waals surface area contributed by atoms with E-state index < -0.39 is 5.91 Å². The fourth-order valence-electron chi connectivity index (χ4n) is 1.83. The largest absolute Gasteiger partial charge is 0.497 e. The highest BCUT2D eigenvalue weighted by Crippen LogP contribution is 2.23. The van der Waals surface area contributed by atoms with Crippen LogP contribution >= 0.6 is 23.2 Å². The molecule has 2 rings (SSSR count). The Hall–Kier alpha value is -2.48. The Labute approximate surface area is 143 Å². The number of rotatable bonds is 4. The minimum Gasteiger partial charge on any atom is -0.497 e. The van der Waals surface area contributed by atoms with E-state index in [2.05, 4.69) is 5.32 Å². The zero-order valence-corrected chi connectivity index (χ0v) is 13.7. The molecule has 23 heavy (non-hydrogen) atoms. The maximum Gasteiger partial charge on any atom is 0.266 e. The van der Waals surface area contributed by atoms with Crippen LogP contribution in [0.5, 0.6) is 5.75 Å². The third-order valence-electron chi connectivity index (χ3n) is 2.91. The molecule has 4 nitrogen and oxygen atoms in total. The number of amides is 1. The van der Waals surface area contributed by atoms with E-state index in [1.165, 1.54) is 13.2 Å². The van der Waals surface area contributed by atoms with Crippen LogP contribution in [0, 0.1) is 11.3 Å². The number of nitriles is 1. The number of methoxy groups -OCH3 is 1. The summed E-state index contributed by atoms with van der Waals surface area (Å²) in [4.78, 5) is 12.2. The molecule has 116 valence electrons. The van der Waals surface area contributed by atoms with Crippen molar-refractivity contribution in [3.63, 3.8) is 0 Å². The van der Waals surface area contributed by atoms with Crippen LogP contribution in [0.3, 0.4) is 0 Å². The number of nitrogens with one attached hydrogen (secondary N) is 1. The summed E-state index contributed by atoms with van der Waals surface area (Å²) in [5, 5.41) is 12.9. The van der Waals surface area contributed by atoms with E-state index in [1.807, 2.05) is 6.07 Å². The number of benzene rings is 2. The molecule has 0 unspecified atom stereocenters. The third kappa shape index (κ3) is 4.75. The zero-order valence-electron chi connectivity index (χ0n) is 12.1. The summed E-state index contributed by atoms with van der Waals surface area (Å²) in [6.07, 6.45) is 1.44. The van der Waals surface area contributed by atoms with Crippen LogP contribution in [-0.4, -0.2) is 13.0 Å². The molecular weight excluding hydrogens is 335 g/mol. The Bertz CT molecular complexity index is 793. The number of hydrogen-bond acceptors (Lipinski definition) is 3. The number of hydrogen-bond donors (Lipinski definition) is 1. The monoisotopic (exact) mass is 346 g/mol. The predicted molar refractivity (Wildman–Crippen MR) is 91.7 cm³/mol. The van der Waals surface area contributed by atoms with Crippen LogP contribution in [0.2, 0.25) is 10.0 Å². The van der Waals surface area contributed by atoms with Gasteiger partial charge in [-0.05, 0) is 54.1 Å². The summed E-state index contributed by atoms with van der Waals surface area (Å²) < 4.78 is 5.11. The lowest BCUT2D eigenvalue weighted by Crippen LogP contribution is -2.13. The van der Waals surface area contributed by atoms with E-state index in [9.17, 15) is 10.1 Å². The SMILES string of the molecule is COc1cc(Cl)cc(/C=C(\C#N)C(=O)Nc2ccc(Cl)cc2)c1. The van der Waals surface area contributed by atoms with Gasteiger partial charge in [-0.3, -0.25) is 4.79 Å². The summed E-state index contributed by atoms with van der Waals surface area (Å²) in [6.45, 7) is 0. The fourth-order valence-corrected chi connectivity index (χ4v) is 2.19. The van der Waals surface area contributed by atoms with Crippen molar-refractivity contribution in [1.82, 2.24) is 0 Å². The topological polar surface area (TPSA) is 62.1 Å². The lowest BCUT2D eigenvalue weighted by atomic mass is 10.1. The van der Waals surface area contributed by atoms with E-state index in [0.717, 1.165) is 0 Å². The molecule has 0 saturated heterocycles. The highest BCUT2D eigenvalue weighted by molar-refractivity contribution is 6.31. The molecule has 0 aliphatic carbocycles. The maximum absolute atomic E-state index is 12.2. The minimum atomic E-state index is -0.520. The van der Waals surface area contributed by atoms with Crippen LogP contribution < -0.4 is 10.1 Å². The first kappa shape index (κ1) is 16.9. The van der Waals surface area contributed by atoms with Crippen molar-refractivity contribution < 1.29 is 9.53 Å². The van der Waals surface area contributed by atoms with Crippen LogP contribution in [0.15, 0.2) is 48.0 Å². The van der Waals surface area contributed by atoms with Crippen molar-refractivity contribution in [2.45, 2.75) is 0 Å². The van der Waals surface area contributed by atoms with Gasteiger partial charge >= 0.3 is 0 Å². The summed E-state index contributed by atoms with van der Waals surface area (Å²) in [7, 11) is 1.51. The van der Waals surface area contributed by atoms with Crippen LogP contribution in [0.25, 0.3) is 6.08 Å². The number of carbonyl (C=O) groups excluding carboxylic acids is 1. The smallest absolute Gasteiger partial charge is 0.266 e. The van der Waals surface area contributed by atoms with Gasteiger partial charge in [0.05, 0.1) is 7.11 Å².